The molecular formula is C21H26FNO2. The van der Waals surface area contributed by atoms with Gasteiger partial charge in [0, 0.05) is 0 Å². The molecule has 1 saturated heterocycles. The Bertz CT molecular complexity index is 639. The Balaban J connectivity index is 1.33. The molecule has 0 radical (unpaired) electrons. The number of piperidine rings is 1. The number of benzene rings is 2. The Morgan fingerprint density at radius 3 is 2.44 bits per heavy atom. The van der Waals surface area contributed by atoms with E-state index in [4.69, 9.17) is 9.47 Å². The zero-order valence-electron chi connectivity index (χ0n) is 14.5. The molecule has 0 atom stereocenters. The molecule has 0 aliphatic carbocycles. The first-order valence-electron chi connectivity index (χ1n) is 9.07. The van der Waals surface area contributed by atoms with Crippen LogP contribution in [0.2, 0.25) is 0 Å². The minimum Gasteiger partial charge on any atom is -0.491 e. The largest absolute Gasteiger partial charge is 0.491 e. The third-order valence-electron chi connectivity index (χ3n) is 4.66. The molecule has 1 aliphatic rings. The highest BCUT2D eigenvalue weighted by Crippen LogP contribution is 2.26. The molecule has 134 valence electrons. The van der Waals surface area contributed by atoms with Gasteiger partial charge in [-0.05, 0) is 67.6 Å². The lowest BCUT2D eigenvalue weighted by Gasteiger charge is -2.23. The topological polar surface area (TPSA) is 30.5 Å². The molecule has 25 heavy (non-hydrogen) atoms. The zero-order valence-corrected chi connectivity index (χ0v) is 14.5. The highest BCUT2D eigenvalue weighted by molar-refractivity contribution is 5.29. The van der Waals surface area contributed by atoms with E-state index in [1.807, 2.05) is 18.2 Å². The van der Waals surface area contributed by atoms with Crippen molar-refractivity contribution in [2.45, 2.75) is 25.2 Å². The average Bonchev–Trinajstić information content (AvgIpc) is 2.67. The fourth-order valence-corrected chi connectivity index (χ4v) is 3.20. The van der Waals surface area contributed by atoms with Gasteiger partial charge >= 0.3 is 0 Å². The Labute approximate surface area is 149 Å². The summed E-state index contributed by atoms with van der Waals surface area (Å²) in [5.74, 6) is 1.36. The number of ether oxygens (including phenoxy) is 2. The van der Waals surface area contributed by atoms with E-state index in [1.165, 1.54) is 24.5 Å². The standard InChI is InChI=1S/C21H26FNO2/c22-21-4-2-1-3-19(21)11-14-24-15-16-25-20-7-5-17(6-8-20)18-9-12-23-13-10-18/h1-8,18,23H,9-16H2. The van der Waals surface area contributed by atoms with Gasteiger partial charge < -0.3 is 14.8 Å². The summed E-state index contributed by atoms with van der Waals surface area (Å²) in [6.07, 6.45) is 2.99. The van der Waals surface area contributed by atoms with Crippen molar-refractivity contribution in [1.29, 1.82) is 0 Å². The molecule has 2 aromatic carbocycles. The first-order chi connectivity index (χ1) is 12.3. The third kappa shape index (κ3) is 5.55. The summed E-state index contributed by atoms with van der Waals surface area (Å²) in [5, 5.41) is 3.39. The number of hydrogen-bond donors (Lipinski definition) is 1. The first-order valence-corrected chi connectivity index (χ1v) is 9.07. The second kappa shape index (κ2) is 9.54. The van der Waals surface area contributed by atoms with Crippen molar-refractivity contribution >= 4 is 0 Å². The van der Waals surface area contributed by atoms with E-state index in [0.717, 1.165) is 18.8 Å². The molecule has 4 heteroatoms. The van der Waals surface area contributed by atoms with Crippen molar-refractivity contribution in [2.24, 2.45) is 0 Å². The van der Waals surface area contributed by atoms with Crippen LogP contribution in [0.15, 0.2) is 48.5 Å². The number of halogens is 1. The fraction of sp³-hybridized carbons (Fsp3) is 0.429. The molecular weight excluding hydrogens is 317 g/mol. The van der Waals surface area contributed by atoms with Gasteiger partial charge in [-0.3, -0.25) is 0 Å². The molecule has 0 saturated carbocycles. The summed E-state index contributed by atoms with van der Waals surface area (Å²) in [4.78, 5) is 0. The Morgan fingerprint density at radius 1 is 0.920 bits per heavy atom. The van der Waals surface area contributed by atoms with Gasteiger partial charge in [0.15, 0.2) is 0 Å². The highest BCUT2D eigenvalue weighted by Gasteiger charge is 2.14. The maximum Gasteiger partial charge on any atom is 0.126 e. The minimum atomic E-state index is -0.170. The van der Waals surface area contributed by atoms with Crippen LogP contribution in [0.1, 0.15) is 29.9 Å². The van der Waals surface area contributed by atoms with E-state index in [1.54, 1.807) is 12.1 Å². The first kappa shape index (κ1) is 17.9. The number of hydrogen-bond acceptors (Lipinski definition) is 3. The van der Waals surface area contributed by atoms with Gasteiger partial charge in [0.05, 0.1) is 13.2 Å². The van der Waals surface area contributed by atoms with Crippen molar-refractivity contribution in [3.8, 4) is 5.75 Å². The van der Waals surface area contributed by atoms with Gasteiger partial charge in [0.25, 0.3) is 0 Å². The van der Waals surface area contributed by atoms with Crippen LogP contribution in [-0.4, -0.2) is 32.9 Å². The van der Waals surface area contributed by atoms with Crippen molar-refractivity contribution in [2.75, 3.05) is 32.9 Å². The van der Waals surface area contributed by atoms with Crippen LogP contribution in [0.5, 0.6) is 5.75 Å². The normalized spacial score (nSPS) is 15.2. The lowest BCUT2D eigenvalue weighted by atomic mass is 9.90. The van der Waals surface area contributed by atoms with Gasteiger partial charge in [0.2, 0.25) is 0 Å². The number of rotatable bonds is 8. The van der Waals surface area contributed by atoms with E-state index in [-0.39, 0.29) is 5.82 Å². The quantitative estimate of drug-likeness (QED) is 0.737. The Kier molecular flexibility index (Phi) is 6.83. The molecule has 0 bridgehead atoms. The van der Waals surface area contributed by atoms with Crippen LogP contribution in [-0.2, 0) is 11.2 Å². The van der Waals surface area contributed by atoms with Gasteiger partial charge in [-0.1, -0.05) is 30.3 Å². The van der Waals surface area contributed by atoms with Gasteiger partial charge in [-0.2, -0.15) is 0 Å². The molecule has 3 nitrogen and oxygen atoms in total. The smallest absolute Gasteiger partial charge is 0.126 e. The second-order valence-electron chi connectivity index (χ2n) is 6.40. The monoisotopic (exact) mass is 343 g/mol. The summed E-state index contributed by atoms with van der Waals surface area (Å²) in [5.41, 5.74) is 2.09. The summed E-state index contributed by atoms with van der Waals surface area (Å²) in [6, 6.07) is 15.2. The van der Waals surface area contributed by atoms with E-state index >= 15 is 0 Å². The molecule has 0 aromatic heterocycles. The van der Waals surface area contributed by atoms with Gasteiger partial charge in [0.1, 0.15) is 18.2 Å². The summed E-state index contributed by atoms with van der Waals surface area (Å²) >= 11 is 0. The highest BCUT2D eigenvalue weighted by atomic mass is 19.1. The van der Waals surface area contributed by atoms with E-state index < -0.39 is 0 Å². The van der Waals surface area contributed by atoms with E-state index in [9.17, 15) is 4.39 Å². The Morgan fingerprint density at radius 2 is 1.68 bits per heavy atom. The molecule has 1 heterocycles. The predicted molar refractivity (Wildman–Crippen MR) is 97.7 cm³/mol. The lowest BCUT2D eigenvalue weighted by molar-refractivity contribution is 0.102. The van der Waals surface area contributed by atoms with Crippen molar-refractivity contribution < 1.29 is 13.9 Å². The second-order valence-corrected chi connectivity index (χ2v) is 6.40. The molecule has 3 rings (SSSR count). The maximum atomic E-state index is 13.5. The van der Waals surface area contributed by atoms with Crippen molar-refractivity contribution in [1.82, 2.24) is 5.32 Å². The maximum absolute atomic E-state index is 13.5. The van der Waals surface area contributed by atoms with Gasteiger partial charge in [-0.25, -0.2) is 4.39 Å². The van der Waals surface area contributed by atoms with Crippen LogP contribution in [0.4, 0.5) is 4.39 Å². The van der Waals surface area contributed by atoms with Crippen LogP contribution in [0, 0.1) is 5.82 Å². The van der Waals surface area contributed by atoms with Crippen LogP contribution in [0.25, 0.3) is 0 Å². The Hall–Kier alpha value is -1.91. The molecule has 0 amide bonds. The molecule has 0 spiro atoms. The average molecular weight is 343 g/mol. The third-order valence-corrected chi connectivity index (χ3v) is 4.66. The van der Waals surface area contributed by atoms with Gasteiger partial charge in [-0.15, -0.1) is 0 Å². The zero-order chi connectivity index (χ0) is 17.3. The van der Waals surface area contributed by atoms with Crippen LogP contribution >= 0.6 is 0 Å². The molecule has 0 unspecified atom stereocenters. The molecule has 1 N–H and O–H groups in total. The summed E-state index contributed by atoms with van der Waals surface area (Å²) < 4.78 is 24.7. The van der Waals surface area contributed by atoms with Crippen molar-refractivity contribution in [3.63, 3.8) is 0 Å². The van der Waals surface area contributed by atoms with E-state index in [2.05, 4.69) is 17.4 Å². The lowest BCUT2D eigenvalue weighted by Crippen LogP contribution is -2.26. The summed E-state index contributed by atoms with van der Waals surface area (Å²) in [6.45, 7) is 3.72. The van der Waals surface area contributed by atoms with Crippen molar-refractivity contribution in [3.05, 3.63) is 65.5 Å². The molecule has 1 fully saturated rings. The number of nitrogens with one attached hydrogen (secondary N) is 1. The minimum absolute atomic E-state index is 0.170. The fourth-order valence-electron chi connectivity index (χ4n) is 3.20. The van der Waals surface area contributed by atoms with Crippen LogP contribution < -0.4 is 10.1 Å². The molecule has 1 aliphatic heterocycles. The SMILES string of the molecule is Fc1ccccc1CCOCCOc1ccc(C2CCNCC2)cc1. The summed E-state index contributed by atoms with van der Waals surface area (Å²) in [7, 11) is 0. The van der Waals surface area contributed by atoms with Crippen LogP contribution in [0.3, 0.4) is 0 Å². The predicted octanol–water partition coefficient (Wildman–Crippen LogP) is 3.93. The molecule has 2 aromatic rings. The van der Waals surface area contributed by atoms with E-state index in [0.29, 0.717) is 37.7 Å².